The molecule has 2 atom stereocenters. The first-order valence-electron chi connectivity index (χ1n) is 6.76. The molecule has 0 aromatic heterocycles. The molecule has 1 saturated heterocycles. The number of rotatable bonds is 4. The predicted molar refractivity (Wildman–Crippen MR) is 73.6 cm³/mol. The van der Waals surface area contributed by atoms with Crippen LogP contribution in [-0.2, 0) is 9.53 Å². The summed E-state index contributed by atoms with van der Waals surface area (Å²) >= 11 is 0. The van der Waals surface area contributed by atoms with Crippen molar-refractivity contribution in [2.45, 2.75) is 25.8 Å². The van der Waals surface area contributed by atoms with Crippen LogP contribution in [0.3, 0.4) is 0 Å². The van der Waals surface area contributed by atoms with Gasteiger partial charge in [0.1, 0.15) is 6.04 Å². The number of carbonyl (C=O) groups excluding carboxylic acids is 1. The fourth-order valence-corrected chi connectivity index (χ4v) is 2.46. The van der Waals surface area contributed by atoms with Crippen LogP contribution in [0.4, 0.5) is 0 Å². The highest BCUT2D eigenvalue weighted by atomic mass is 16.5. The normalized spacial score (nSPS) is 20.1. The number of hydrogen-bond acceptors (Lipinski definition) is 3. The third-order valence-electron chi connectivity index (χ3n) is 3.61. The van der Waals surface area contributed by atoms with E-state index < -0.39 is 12.0 Å². The van der Waals surface area contributed by atoms with Gasteiger partial charge in [-0.15, -0.1) is 0 Å². The molecule has 1 heterocycles. The lowest BCUT2D eigenvalue weighted by Crippen LogP contribution is -2.48. The summed E-state index contributed by atoms with van der Waals surface area (Å²) in [6, 6.07) is 6.23. The highest BCUT2D eigenvalue weighted by Gasteiger charge is 2.31. The first-order chi connectivity index (χ1) is 9.59. The van der Waals surface area contributed by atoms with Gasteiger partial charge in [0.05, 0.1) is 6.61 Å². The van der Waals surface area contributed by atoms with E-state index in [1.807, 2.05) is 19.1 Å². The maximum Gasteiger partial charge on any atom is 0.326 e. The van der Waals surface area contributed by atoms with Gasteiger partial charge >= 0.3 is 5.97 Å². The summed E-state index contributed by atoms with van der Waals surface area (Å²) in [6.07, 6.45) is 1.58. The van der Waals surface area contributed by atoms with Gasteiger partial charge < -0.3 is 15.2 Å². The minimum atomic E-state index is -1.01. The summed E-state index contributed by atoms with van der Waals surface area (Å²) in [5, 5.41) is 11.9. The summed E-state index contributed by atoms with van der Waals surface area (Å²) in [5.74, 6) is -1.53. The van der Waals surface area contributed by atoms with E-state index in [1.165, 1.54) is 0 Å². The van der Waals surface area contributed by atoms with E-state index in [1.54, 1.807) is 12.1 Å². The van der Waals surface area contributed by atoms with Crippen LogP contribution in [0.25, 0.3) is 0 Å². The largest absolute Gasteiger partial charge is 0.480 e. The molecule has 1 aliphatic rings. The molecular weight excluding hydrogens is 258 g/mol. The summed E-state index contributed by atoms with van der Waals surface area (Å²) in [5.41, 5.74) is 1.34. The van der Waals surface area contributed by atoms with E-state index in [-0.39, 0.29) is 11.8 Å². The lowest BCUT2D eigenvalue weighted by molar-refractivity contribution is -0.142. The number of carbonyl (C=O) groups is 2. The standard InChI is InChI=1S/C15H19NO4/c1-10-5-2-3-7-12(10)14(17)16-13(15(18)19)11-6-4-8-20-9-11/h2-3,5,7,11,13H,4,6,8-9H2,1H3,(H,16,17)(H,18,19). The smallest absolute Gasteiger partial charge is 0.326 e. The summed E-state index contributed by atoms with van der Waals surface area (Å²) in [6.45, 7) is 2.87. The molecule has 0 aliphatic carbocycles. The van der Waals surface area contributed by atoms with E-state index in [9.17, 15) is 14.7 Å². The number of carboxylic acid groups (broad SMARTS) is 1. The Hall–Kier alpha value is -1.88. The van der Waals surface area contributed by atoms with Gasteiger partial charge in [0.15, 0.2) is 0 Å². The lowest BCUT2D eigenvalue weighted by Gasteiger charge is -2.28. The number of aryl methyl sites for hydroxylation is 1. The average molecular weight is 277 g/mol. The van der Waals surface area contributed by atoms with Gasteiger partial charge in [-0.25, -0.2) is 4.79 Å². The first kappa shape index (κ1) is 14.5. The van der Waals surface area contributed by atoms with Gasteiger partial charge in [0.2, 0.25) is 0 Å². The van der Waals surface area contributed by atoms with Gasteiger partial charge in [-0.1, -0.05) is 18.2 Å². The SMILES string of the molecule is Cc1ccccc1C(=O)NC(C(=O)O)C1CCCOC1. The number of amides is 1. The zero-order chi connectivity index (χ0) is 14.5. The van der Waals surface area contributed by atoms with Crippen molar-refractivity contribution in [3.8, 4) is 0 Å². The Morgan fingerprint density at radius 1 is 1.40 bits per heavy atom. The maximum absolute atomic E-state index is 12.2. The number of benzene rings is 1. The van der Waals surface area contributed by atoms with E-state index >= 15 is 0 Å². The molecule has 2 N–H and O–H groups in total. The van der Waals surface area contributed by atoms with Crippen LogP contribution >= 0.6 is 0 Å². The molecule has 1 fully saturated rings. The third-order valence-corrected chi connectivity index (χ3v) is 3.61. The molecule has 1 aromatic carbocycles. The van der Waals surface area contributed by atoms with Crippen LogP contribution in [-0.4, -0.2) is 36.2 Å². The molecule has 0 saturated carbocycles. The van der Waals surface area contributed by atoms with Crippen molar-refractivity contribution in [2.75, 3.05) is 13.2 Å². The Morgan fingerprint density at radius 3 is 2.75 bits per heavy atom. The lowest BCUT2D eigenvalue weighted by atomic mass is 9.93. The van der Waals surface area contributed by atoms with Crippen LogP contribution in [0.2, 0.25) is 0 Å². The van der Waals surface area contributed by atoms with Gasteiger partial charge in [0.25, 0.3) is 5.91 Å². The third kappa shape index (κ3) is 3.36. The molecule has 5 heteroatoms. The van der Waals surface area contributed by atoms with E-state index in [0.29, 0.717) is 18.8 Å². The average Bonchev–Trinajstić information content (AvgIpc) is 2.45. The molecule has 2 rings (SSSR count). The predicted octanol–water partition coefficient (Wildman–Crippen LogP) is 1.60. The molecule has 1 aliphatic heterocycles. The van der Waals surface area contributed by atoms with Crippen molar-refractivity contribution in [1.29, 1.82) is 0 Å². The van der Waals surface area contributed by atoms with Crippen molar-refractivity contribution in [3.63, 3.8) is 0 Å². The zero-order valence-electron chi connectivity index (χ0n) is 11.5. The van der Waals surface area contributed by atoms with Gasteiger partial charge in [-0.05, 0) is 31.4 Å². The Kier molecular flexibility index (Phi) is 4.74. The molecular formula is C15H19NO4. The van der Waals surface area contributed by atoms with Crippen LogP contribution in [0.5, 0.6) is 0 Å². The molecule has 1 amide bonds. The molecule has 1 aromatic rings. The highest BCUT2D eigenvalue weighted by molar-refractivity contribution is 5.97. The van der Waals surface area contributed by atoms with Crippen LogP contribution in [0, 0.1) is 12.8 Å². The quantitative estimate of drug-likeness (QED) is 0.876. The Labute approximate surface area is 117 Å². The highest BCUT2D eigenvalue weighted by Crippen LogP contribution is 2.18. The zero-order valence-corrected chi connectivity index (χ0v) is 11.5. The van der Waals surface area contributed by atoms with Crippen molar-refractivity contribution < 1.29 is 19.4 Å². The topological polar surface area (TPSA) is 75.6 Å². The summed E-state index contributed by atoms with van der Waals surface area (Å²) in [4.78, 5) is 23.6. The summed E-state index contributed by atoms with van der Waals surface area (Å²) in [7, 11) is 0. The van der Waals surface area contributed by atoms with E-state index in [0.717, 1.165) is 18.4 Å². The second-order valence-electron chi connectivity index (χ2n) is 5.08. The molecule has 2 unspecified atom stereocenters. The van der Waals surface area contributed by atoms with E-state index in [4.69, 9.17) is 4.74 Å². The second-order valence-corrected chi connectivity index (χ2v) is 5.08. The number of ether oxygens (including phenoxy) is 1. The Balaban J connectivity index is 2.10. The van der Waals surface area contributed by atoms with E-state index in [2.05, 4.69) is 5.32 Å². The number of aliphatic carboxylic acids is 1. The van der Waals surface area contributed by atoms with Crippen molar-refractivity contribution >= 4 is 11.9 Å². The monoisotopic (exact) mass is 277 g/mol. The Bertz CT molecular complexity index is 494. The molecule has 5 nitrogen and oxygen atoms in total. The van der Waals surface area contributed by atoms with Crippen molar-refractivity contribution in [3.05, 3.63) is 35.4 Å². The molecule has 0 spiro atoms. The fraction of sp³-hybridized carbons (Fsp3) is 0.467. The maximum atomic E-state index is 12.2. The van der Waals surface area contributed by atoms with Gasteiger partial charge in [-0.2, -0.15) is 0 Å². The molecule has 0 bridgehead atoms. The molecule has 108 valence electrons. The van der Waals surface area contributed by atoms with Crippen LogP contribution in [0.15, 0.2) is 24.3 Å². The minimum Gasteiger partial charge on any atom is -0.480 e. The van der Waals surface area contributed by atoms with Crippen LogP contribution < -0.4 is 5.32 Å². The van der Waals surface area contributed by atoms with Gasteiger partial charge in [0, 0.05) is 18.1 Å². The Morgan fingerprint density at radius 2 is 2.15 bits per heavy atom. The van der Waals surface area contributed by atoms with Crippen molar-refractivity contribution in [1.82, 2.24) is 5.32 Å². The number of carboxylic acids is 1. The minimum absolute atomic E-state index is 0.172. The molecule has 20 heavy (non-hydrogen) atoms. The van der Waals surface area contributed by atoms with Gasteiger partial charge in [-0.3, -0.25) is 4.79 Å². The summed E-state index contributed by atoms with van der Waals surface area (Å²) < 4.78 is 5.31. The fourth-order valence-electron chi connectivity index (χ4n) is 2.46. The number of hydrogen-bond donors (Lipinski definition) is 2. The van der Waals surface area contributed by atoms with Crippen LogP contribution in [0.1, 0.15) is 28.8 Å². The second kappa shape index (κ2) is 6.52. The van der Waals surface area contributed by atoms with Crippen molar-refractivity contribution in [2.24, 2.45) is 5.92 Å². The molecule has 0 radical (unpaired) electrons. The number of nitrogens with one attached hydrogen (secondary N) is 1. The first-order valence-corrected chi connectivity index (χ1v) is 6.76.